The number of rotatable bonds is 8. The normalized spacial score (nSPS) is 12.1. The summed E-state index contributed by atoms with van der Waals surface area (Å²) in [5.74, 6) is 1.90. The molecule has 2 aromatic heterocycles. The Morgan fingerprint density at radius 3 is 2.62 bits per heavy atom. The zero-order valence-electron chi connectivity index (χ0n) is 13.0. The highest BCUT2D eigenvalue weighted by atomic mass is 32.1. The molecule has 0 saturated heterocycles. The van der Waals surface area contributed by atoms with E-state index < -0.39 is 0 Å². The molecule has 0 saturated carbocycles. The molecule has 5 heteroatoms. The number of hydrogen-bond donors (Lipinski definition) is 2. The van der Waals surface area contributed by atoms with Gasteiger partial charge in [-0.3, -0.25) is 0 Å². The number of thiophene rings is 1. The Kier molecular flexibility index (Phi) is 5.99. The summed E-state index contributed by atoms with van der Waals surface area (Å²) in [4.78, 5) is 10.2. The van der Waals surface area contributed by atoms with Crippen LogP contribution in [0, 0.1) is 0 Å². The molecule has 0 aliphatic carbocycles. The molecule has 2 aromatic rings. The average Bonchev–Trinajstić information content (AvgIpc) is 3.01. The predicted molar refractivity (Wildman–Crippen MR) is 91.2 cm³/mol. The van der Waals surface area contributed by atoms with E-state index in [1.165, 1.54) is 4.88 Å². The fourth-order valence-electron chi connectivity index (χ4n) is 2.42. The predicted octanol–water partition coefficient (Wildman–Crippen LogP) is 4.49. The maximum atomic E-state index is 4.47. The standard InChI is InChI=1S/C16H24N4S/c1-4-8-13(14-9-7-10-21-14)20-16-12(5-2)15(17-6-3)18-11-19-16/h7,9-11,13H,4-6,8H2,1-3H3,(H2,17,18,19,20). The van der Waals surface area contributed by atoms with E-state index in [1.54, 1.807) is 17.7 Å². The molecule has 0 aliphatic heterocycles. The summed E-state index contributed by atoms with van der Waals surface area (Å²) in [5.41, 5.74) is 1.16. The molecular weight excluding hydrogens is 280 g/mol. The summed E-state index contributed by atoms with van der Waals surface area (Å²) >= 11 is 1.80. The molecule has 0 aromatic carbocycles. The van der Waals surface area contributed by atoms with E-state index in [0.29, 0.717) is 6.04 Å². The Labute approximate surface area is 131 Å². The Balaban J connectivity index is 2.26. The van der Waals surface area contributed by atoms with Gasteiger partial charge in [-0.2, -0.15) is 0 Å². The van der Waals surface area contributed by atoms with Crippen molar-refractivity contribution >= 4 is 23.0 Å². The Bertz CT molecular complexity index is 539. The van der Waals surface area contributed by atoms with Crippen LogP contribution in [0.5, 0.6) is 0 Å². The Morgan fingerprint density at radius 1 is 1.19 bits per heavy atom. The molecule has 2 rings (SSSR count). The maximum Gasteiger partial charge on any atom is 0.135 e. The van der Waals surface area contributed by atoms with Gasteiger partial charge in [-0.25, -0.2) is 9.97 Å². The van der Waals surface area contributed by atoms with Crippen molar-refractivity contribution < 1.29 is 0 Å². The van der Waals surface area contributed by atoms with Gasteiger partial charge >= 0.3 is 0 Å². The quantitative estimate of drug-likeness (QED) is 0.754. The smallest absolute Gasteiger partial charge is 0.135 e. The third kappa shape index (κ3) is 3.94. The van der Waals surface area contributed by atoms with E-state index in [4.69, 9.17) is 0 Å². The minimum absolute atomic E-state index is 0.324. The molecule has 21 heavy (non-hydrogen) atoms. The minimum Gasteiger partial charge on any atom is -0.370 e. The van der Waals surface area contributed by atoms with Crippen LogP contribution in [-0.4, -0.2) is 16.5 Å². The molecule has 0 amide bonds. The van der Waals surface area contributed by atoms with Gasteiger partial charge in [-0.15, -0.1) is 11.3 Å². The van der Waals surface area contributed by atoms with E-state index >= 15 is 0 Å². The highest BCUT2D eigenvalue weighted by Gasteiger charge is 2.16. The monoisotopic (exact) mass is 304 g/mol. The average molecular weight is 304 g/mol. The van der Waals surface area contributed by atoms with E-state index in [2.05, 4.69) is 58.9 Å². The number of nitrogens with one attached hydrogen (secondary N) is 2. The van der Waals surface area contributed by atoms with E-state index in [1.807, 2.05) is 0 Å². The van der Waals surface area contributed by atoms with Gasteiger partial charge in [0.15, 0.2) is 0 Å². The molecule has 114 valence electrons. The lowest BCUT2D eigenvalue weighted by atomic mass is 10.1. The van der Waals surface area contributed by atoms with Crippen LogP contribution in [0.25, 0.3) is 0 Å². The van der Waals surface area contributed by atoms with Gasteiger partial charge in [-0.05, 0) is 31.2 Å². The van der Waals surface area contributed by atoms with E-state index in [-0.39, 0.29) is 0 Å². The third-order valence-electron chi connectivity index (χ3n) is 3.42. The molecule has 0 bridgehead atoms. The Hall–Kier alpha value is -1.62. The van der Waals surface area contributed by atoms with Crippen LogP contribution >= 0.6 is 11.3 Å². The van der Waals surface area contributed by atoms with Gasteiger partial charge in [0.1, 0.15) is 18.0 Å². The molecule has 2 N–H and O–H groups in total. The molecule has 1 unspecified atom stereocenters. The molecule has 2 heterocycles. The van der Waals surface area contributed by atoms with Crippen molar-refractivity contribution in [2.45, 2.75) is 46.1 Å². The fourth-order valence-corrected chi connectivity index (χ4v) is 3.23. The van der Waals surface area contributed by atoms with Crippen molar-refractivity contribution in [1.29, 1.82) is 0 Å². The van der Waals surface area contributed by atoms with Crippen molar-refractivity contribution in [2.75, 3.05) is 17.2 Å². The van der Waals surface area contributed by atoms with Gasteiger partial charge in [0.05, 0.1) is 6.04 Å². The topological polar surface area (TPSA) is 49.8 Å². The van der Waals surface area contributed by atoms with Crippen LogP contribution in [0.15, 0.2) is 23.8 Å². The van der Waals surface area contributed by atoms with Crippen LogP contribution in [0.3, 0.4) is 0 Å². The highest BCUT2D eigenvalue weighted by molar-refractivity contribution is 7.10. The van der Waals surface area contributed by atoms with Crippen molar-refractivity contribution in [3.63, 3.8) is 0 Å². The van der Waals surface area contributed by atoms with E-state index in [9.17, 15) is 0 Å². The lowest BCUT2D eigenvalue weighted by Crippen LogP contribution is -2.14. The molecule has 0 spiro atoms. The van der Waals surface area contributed by atoms with Crippen LogP contribution < -0.4 is 10.6 Å². The van der Waals surface area contributed by atoms with Crippen LogP contribution in [-0.2, 0) is 6.42 Å². The number of hydrogen-bond acceptors (Lipinski definition) is 5. The van der Waals surface area contributed by atoms with Crippen LogP contribution in [0.4, 0.5) is 11.6 Å². The summed E-state index contributed by atoms with van der Waals surface area (Å²) in [7, 11) is 0. The highest BCUT2D eigenvalue weighted by Crippen LogP contribution is 2.29. The largest absolute Gasteiger partial charge is 0.370 e. The lowest BCUT2D eigenvalue weighted by molar-refractivity contribution is 0.683. The van der Waals surface area contributed by atoms with Gasteiger partial charge in [-0.1, -0.05) is 26.3 Å². The fraction of sp³-hybridized carbons (Fsp3) is 0.500. The second-order valence-electron chi connectivity index (χ2n) is 4.93. The summed E-state index contributed by atoms with van der Waals surface area (Å²) in [6, 6.07) is 4.62. The zero-order chi connectivity index (χ0) is 15.1. The van der Waals surface area contributed by atoms with Gasteiger partial charge < -0.3 is 10.6 Å². The van der Waals surface area contributed by atoms with Crippen LogP contribution in [0.1, 0.15) is 50.1 Å². The van der Waals surface area contributed by atoms with Gasteiger partial charge in [0.2, 0.25) is 0 Å². The number of nitrogens with zero attached hydrogens (tertiary/aromatic N) is 2. The molecule has 4 nitrogen and oxygen atoms in total. The molecule has 0 radical (unpaired) electrons. The second kappa shape index (κ2) is 7.98. The summed E-state index contributed by atoms with van der Waals surface area (Å²) in [5, 5.41) is 9.07. The summed E-state index contributed by atoms with van der Waals surface area (Å²) < 4.78 is 0. The Morgan fingerprint density at radius 2 is 2.00 bits per heavy atom. The van der Waals surface area contributed by atoms with Gasteiger partial charge in [0.25, 0.3) is 0 Å². The first kappa shape index (κ1) is 15.8. The molecular formula is C16H24N4S. The second-order valence-corrected chi connectivity index (χ2v) is 5.91. The molecule has 1 atom stereocenters. The first-order chi connectivity index (χ1) is 10.3. The third-order valence-corrected chi connectivity index (χ3v) is 4.40. The lowest BCUT2D eigenvalue weighted by Gasteiger charge is -2.20. The number of aromatic nitrogens is 2. The molecule has 0 fully saturated rings. The van der Waals surface area contributed by atoms with Gasteiger partial charge in [0, 0.05) is 17.0 Å². The van der Waals surface area contributed by atoms with Crippen LogP contribution in [0.2, 0.25) is 0 Å². The van der Waals surface area contributed by atoms with Crippen molar-refractivity contribution in [3.05, 3.63) is 34.3 Å². The first-order valence-corrected chi connectivity index (χ1v) is 8.55. The minimum atomic E-state index is 0.324. The van der Waals surface area contributed by atoms with Crippen molar-refractivity contribution in [3.8, 4) is 0 Å². The molecule has 0 aliphatic rings. The maximum absolute atomic E-state index is 4.47. The first-order valence-electron chi connectivity index (χ1n) is 7.67. The zero-order valence-corrected chi connectivity index (χ0v) is 13.8. The number of anilines is 2. The SMILES string of the molecule is CCCC(Nc1ncnc(NCC)c1CC)c1cccs1. The summed E-state index contributed by atoms with van der Waals surface area (Å²) in [6.45, 7) is 7.31. The summed E-state index contributed by atoms with van der Waals surface area (Å²) in [6.07, 6.45) is 4.79. The van der Waals surface area contributed by atoms with E-state index in [0.717, 1.165) is 43.0 Å². The van der Waals surface area contributed by atoms with Crippen molar-refractivity contribution in [2.24, 2.45) is 0 Å². The van der Waals surface area contributed by atoms with Crippen molar-refractivity contribution in [1.82, 2.24) is 9.97 Å².